The third kappa shape index (κ3) is 3.29. The van der Waals surface area contributed by atoms with Gasteiger partial charge in [0.05, 0.1) is 6.07 Å². The lowest BCUT2D eigenvalue weighted by molar-refractivity contribution is 0.481. The molecule has 0 bridgehead atoms. The van der Waals surface area contributed by atoms with Crippen molar-refractivity contribution in [2.75, 3.05) is 0 Å². The summed E-state index contributed by atoms with van der Waals surface area (Å²) in [5, 5.41) is 8.93. The Morgan fingerprint density at radius 2 is 1.79 bits per heavy atom. The molecule has 92 valence electrons. The van der Waals surface area contributed by atoms with E-state index in [-0.39, 0.29) is 0 Å². The van der Waals surface area contributed by atoms with Crippen molar-refractivity contribution in [1.82, 2.24) is 0 Å². The monoisotopic (exact) mass is 250 g/mol. The zero-order valence-corrected chi connectivity index (χ0v) is 9.98. The summed E-state index contributed by atoms with van der Waals surface area (Å²) in [5.74, 6) is 1.29. The summed E-state index contributed by atoms with van der Waals surface area (Å²) in [5.41, 5.74) is 0.597. The molecule has 0 amide bonds. The van der Waals surface area contributed by atoms with Crippen LogP contribution in [0.3, 0.4) is 0 Å². The molecule has 19 heavy (non-hydrogen) atoms. The Hall–Kier alpha value is -2.89. The Bertz CT molecular complexity index is 641. The predicted octanol–water partition coefficient (Wildman–Crippen LogP) is 3.38. The molecule has 0 aliphatic rings. The number of nitriles is 1. The van der Waals surface area contributed by atoms with Crippen molar-refractivity contribution in [2.24, 2.45) is 4.99 Å². The van der Waals surface area contributed by atoms with Gasteiger partial charge in [0.25, 0.3) is 0 Å². The molecule has 0 fully saturated rings. The van der Waals surface area contributed by atoms with E-state index in [0.717, 1.165) is 0 Å². The van der Waals surface area contributed by atoms with E-state index in [1.165, 1.54) is 6.08 Å². The number of ether oxygens (including phenoxy) is 1. The molecule has 0 aromatic heterocycles. The zero-order chi connectivity index (χ0) is 13.5. The number of isocyanates is 1. The van der Waals surface area contributed by atoms with Gasteiger partial charge in [-0.1, -0.05) is 30.3 Å². The van der Waals surface area contributed by atoms with Gasteiger partial charge in [-0.2, -0.15) is 10.3 Å². The van der Waals surface area contributed by atoms with Crippen LogP contribution in [0, 0.1) is 11.3 Å². The molecule has 0 saturated carbocycles. The van der Waals surface area contributed by atoms with Crippen molar-refractivity contribution in [3.05, 3.63) is 60.2 Å². The topological polar surface area (TPSA) is 62.5 Å². The average Bonchev–Trinajstić information content (AvgIpc) is 2.46. The molecule has 0 N–H and O–H groups in total. The van der Waals surface area contributed by atoms with Gasteiger partial charge >= 0.3 is 0 Å². The van der Waals surface area contributed by atoms with E-state index in [2.05, 4.69) is 4.99 Å². The molecular formula is C15H10N2O2. The Labute approximate surface area is 110 Å². The van der Waals surface area contributed by atoms with Crippen LogP contribution in [0.5, 0.6) is 11.5 Å². The Balaban J connectivity index is 2.25. The molecule has 0 saturated heterocycles. The van der Waals surface area contributed by atoms with Crippen LogP contribution in [0.1, 0.15) is 11.6 Å². The molecule has 0 radical (unpaired) electrons. The van der Waals surface area contributed by atoms with Crippen LogP contribution in [-0.4, -0.2) is 6.08 Å². The van der Waals surface area contributed by atoms with Crippen LogP contribution in [0.4, 0.5) is 0 Å². The molecule has 1 atom stereocenters. The van der Waals surface area contributed by atoms with E-state index >= 15 is 0 Å². The highest BCUT2D eigenvalue weighted by Crippen LogP contribution is 2.25. The minimum Gasteiger partial charge on any atom is -0.457 e. The van der Waals surface area contributed by atoms with Crippen LogP contribution in [0.2, 0.25) is 0 Å². The van der Waals surface area contributed by atoms with Crippen LogP contribution >= 0.6 is 0 Å². The molecule has 2 aromatic carbocycles. The zero-order valence-electron chi connectivity index (χ0n) is 9.98. The van der Waals surface area contributed by atoms with E-state index in [4.69, 9.17) is 10.00 Å². The van der Waals surface area contributed by atoms with Gasteiger partial charge in [-0.3, -0.25) is 0 Å². The van der Waals surface area contributed by atoms with E-state index in [1.807, 2.05) is 36.4 Å². The molecule has 0 aliphatic carbocycles. The Morgan fingerprint density at radius 3 is 2.47 bits per heavy atom. The van der Waals surface area contributed by atoms with Crippen molar-refractivity contribution >= 4 is 6.08 Å². The molecule has 4 nitrogen and oxygen atoms in total. The van der Waals surface area contributed by atoms with Gasteiger partial charge in [0, 0.05) is 0 Å². The van der Waals surface area contributed by atoms with Crippen molar-refractivity contribution in [1.29, 1.82) is 5.26 Å². The average molecular weight is 250 g/mol. The first-order valence-electron chi connectivity index (χ1n) is 5.63. The molecule has 4 heteroatoms. The fourth-order valence-electron chi connectivity index (χ4n) is 1.60. The minimum atomic E-state index is -0.850. The summed E-state index contributed by atoms with van der Waals surface area (Å²) in [7, 11) is 0. The van der Waals surface area contributed by atoms with Gasteiger partial charge in [0.1, 0.15) is 11.5 Å². The molecule has 2 rings (SSSR count). The number of aliphatic imine (C=N–C) groups is 1. The fraction of sp³-hybridized carbons (Fsp3) is 0.0667. The molecule has 0 spiro atoms. The van der Waals surface area contributed by atoms with Crippen molar-refractivity contribution in [3.8, 4) is 17.6 Å². The number of hydrogen-bond acceptors (Lipinski definition) is 4. The maximum atomic E-state index is 10.2. The SMILES string of the molecule is N#CC(N=C=O)c1cccc(Oc2ccccc2)c1. The Kier molecular flexibility index (Phi) is 4.07. The first-order chi connectivity index (χ1) is 9.33. The summed E-state index contributed by atoms with van der Waals surface area (Å²) in [6.45, 7) is 0. The number of benzene rings is 2. The van der Waals surface area contributed by atoms with Crippen LogP contribution in [-0.2, 0) is 4.79 Å². The van der Waals surface area contributed by atoms with Crippen LogP contribution in [0.15, 0.2) is 59.6 Å². The standard InChI is InChI=1S/C15H10N2O2/c16-10-15(17-11-18)12-5-4-8-14(9-12)19-13-6-2-1-3-7-13/h1-9,15H. The van der Waals surface area contributed by atoms with Crippen molar-refractivity contribution in [2.45, 2.75) is 6.04 Å². The lowest BCUT2D eigenvalue weighted by Gasteiger charge is -2.08. The smallest absolute Gasteiger partial charge is 0.236 e. The lowest BCUT2D eigenvalue weighted by Crippen LogP contribution is -1.92. The number of rotatable bonds is 4. The number of nitrogens with zero attached hydrogens (tertiary/aromatic N) is 2. The minimum absolute atomic E-state index is 0.588. The largest absolute Gasteiger partial charge is 0.457 e. The highest BCUT2D eigenvalue weighted by Gasteiger charge is 2.09. The van der Waals surface area contributed by atoms with Gasteiger partial charge in [-0.05, 0) is 29.8 Å². The number of carbonyl (C=O) groups excluding carboxylic acids is 1. The molecule has 0 aliphatic heterocycles. The third-order valence-corrected chi connectivity index (χ3v) is 2.46. The summed E-state index contributed by atoms with van der Waals surface area (Å²) in [6, 6.07) is 17.3. The fourth-order valence-corrected chi connectivity index (χ4v) is 1.60. The normalized spacial score (nSPS) is 10.9. The lowest BCUT2D eigenvalue weighted by atomic mass is 10.1. The van der Waals surface area contributed by atoms with Gasteiger partial charge in [0.2, 0.25) is 6.08 Å². The predicted molar refractivity (Wildman–Crippen MR) is 69.4 cm³/mol. The summed E-state index contributed by atoms with van der Waals surface area (Å²) >= 11 is 0. The Morgan fingerprint density at radius 1 is 1.05 bits per heavy atom. The second kappa shape index (κ2) is 6.15. The van der Waals surface area contributed by atoms with Crippen molar-refractivity contribution in [3.63, 3.8) is 0 Å². The highest BCUT2D eigenvalue weighted by molar-refractivity contribution is 5.40. The first-order valence-corrected chi connectivity index (χ1v) is 5.63. The quantitative estimate of drug-likeness (QED) is 0.617. The van der Waals surface area contributed by atoms with Gasteiger partial charge < -0.3 is 4.74 Å². The summed E-state index contributed by atoms with van der Waals surface area (Å²) in [4.78, 5) is 13.7. The highest BCUT2D eigenvalue weighted by atomic mass is 16.5. The van der Waals surface area contributed by atoms with E-state index in [9.17, 15) is 4.79 Å². The van der Waals surface area contributed by atoms with E-state index in [1.54, 1.807) is 24.3 Å². The second-order valence-electron chi connectivity index (χ2n) is 3.74. The van der Waals surface area contributed by atoms with Crippen molar-refractivity contribution < 1.29 is 9.53 Å². The number of para-hydroxylation sites is 1. The van der Waals surface area contributed by atoms with Gasteiger partial charge in [0.15, 0.2) is 6.04 Å². The molecule has 1 unspecified atom stereocenters. The summed E-state index contributed by atoms with van der Waals surface area (Å²) < 4.78 is 5.64. The van der Waals surface area contributed by atoms with Crippen LogP contribution in [0.25, 0.3) is 0 Å². The molecule has 2 aromatic rings. The maximum Gasteiger partial charge on any atom is 0.236 e. The van der Waals surface area contributed by atoms with E-state index < -0.39 is 6.04 Å². The summed E-state index contributed by atoms with van der Waals surface area (Å²) in [6.07, 6.45) is 1.40. The van der Waals surface area contributed by atoms with Crippen LogP contribution < -0.4 is 4.74 Å². The third-order valence-electron chi connectivity index (χ3n) is 2.46. The second-order valence-corrected chi connectivity index (χ2v) is 3.74. The van der Waals surface area contributed by atoms with Gasteiger partial charge in [-0.25, -0.2) is 4.79 Å². The first kappa shape index (κ1) is 12.6. The van der Waals surface area contributed by atoms with Gasteiger partial charge in [-0.15, -0.1) is 0 Å². The molecular weight excluding hydrogens is 240 g/mol. The molecule has 0 heterocycles. The number of hydrogen-bond donors (Lipinski definition) is 0. The maximum absolute atomic E-state index is 10.2. The van der Waals surface area contributed by atoms with E-state index in [0.29, 0.717) is 17.1 Å².